The number of thioether (sulfide) groups is 1. The molecule has 1 N–H and O–H groups in total. The lowest BCUT2D eigenvalue weighted by atomic mass is 10.1. The van der Waals surface area contributed by atoms with E-state index in [1.807, 2.05) is 0 Å². The summed E-state index contributed by atoms with van der Waals surface area (Å²) in [6, 6.07) is 0. The molecule has 0 unspecified atom stereocenters. The molecule has 0 bridgehead atoms. The normalized spacial score (nSPS) is 15.2. The van der Waals surface area contributed by atoms with Crippen LogP contribution in [-0.2, 0) is 9.59 Å². The Morgan fingerprint density at radius 1 is 1.38 bits per heavy atom. The van der Waals surface area contributed by atoms with Crippen LogP contribution in [0.1, 0.15) is 38.5 Å². The van der Waals surface area contributed by atoms with E-state index in [9.17, 15) is 9.59 Å². The summed E-state index contributed by atoms with van der Waals surface area (Å²) in [7, 11) is 0. The van der Waals surface area contributed by atoms with Crippen LogP contribution in [0.15, 0.2) is 11.6 Å². The molecule has 0 atom stereocenters. The summed E-state index contributed by atoms with van der Waals surface area (Å²) in [6.07, 6.45) is 7.75. The maximum Gasteiger partial charge on any atom is 0.313 e. The van der Waals surface area contributed by atoms with Gasteiger partial charge in [-0.25, -0.2) is 0 Å². The largest absolute Gasteiger partial charge is 0.481 e. The summed E-state index contributed by atoms with van der Waals surface area (Å²) < 4.78 is 0. The maximum atomic E-state index is 11.3. The smallest absolute Gasteiger partial charge is 0.313 e. The Kier molecular flexibility index (Phi) is 6.23. The van der Waals surface area contributed by atoms with Gasteiger partial charge in [0.25, 0.3) is 0 Å². The zero-order valence-electron chi connectivity index (χ0n) is 9.41. The number of unbranched alkanes of at least 4 members (excludes halogenated alkanes) is 2. The number of aliphatic carboxylic acids is 1. The van der Waals surface area contributed by atoms with Gasteiger partial charge in [-0.15, -0.1) is 0 Å². The molecular formula is C12H18O3S. The average Bonchev–Trinajstić information content (AvgIpc) is 2.62. The minimum absolute atomic E-state index is 0.198. The van der Waals surface area contributed by atoms with Crippen LogP contribution in [0.25, 0.3) is 0 Å². The third-order valence-corrected chi connectivity index (χ3v) is 3.61. The average molecular weight is 242 g/mol. The molecule has 0 aromatic rings. The third-order valence-electron chi connectivity index (χ3n) is 2.58. The molecular weight excluding hydrogens is 224 g/mol. The lowest BCUT2D eigenvalue weighted by Crippen LogP contribution is -1.99. The predicted octanol–water partition coefficient (Wildman–Crippen LogP) is 2.65. The van der Waals surface area contributed by atoms with E-state index in [2.05, 4.69) is 6.08 Å². The molecule has 0 heterocycles. The first-order valence-electron chi connectivity index (χ1n) is 5.72. The van der Waals surface area contributed by atoms with Gasteiger partial charge in [-0.05, 0) is 37.0 Å². The van der Waals surface area contributed by atoms with Crippen molar-refractivity contribution in [3.63, 3.8) is 0 Å². The van der Waals surface area contributed by atoms with E-state index in [4.69, 9.17) is 5.11 Å². The standard InChI is InChI=1S/C12H18O3S/c13-11-7-4-6-10(11)5-2-1-3-8-16-9-12(14)15/h6H,1-5,7-9H2,(H,14,15). The van der Waals surface area contributed by atoms with E-state index < -0.39 is 5.97 Å². The molecule has 1 aliphatic carbocycles. The minimum Gasteiger partial charge on any atom is -0.481 e. The topological polar surface area (TPSA) is 54.4 Å². The van der Waals surface area contributed by atoms with Crippen molar-refractivity contribution < 1.29 is 14.7 Å². The fourth-order valence-electron chi connectivity index (χ4n) is 1.75. The maximum absolute atomic E-state index is 11.3. The fourth-order valence-corrected chi connectivity index (χ4v) is 2.48. The van der Waals surface area contributed by atoms with Crippen molar-refractivity contribution in [3.05, 3.63) is 11.6 Å². The van der Waals surface area contributed by atoms with Crippen molar-refractivity contribution in [1.82, 2.24) is 0 Å². The van der Waals surface area contributed by atoms with Crippen molar-refractivity contribution in [2.75, 3.05) is 11.5 Å². The van der Waals surface area contributed by atoms with Crippen LogP contribution < -0.4 is 0 Å². The van der Waals surface area contributed by atoms with Gasteiger partial charge in [0.15, 0.2) is 5.78 Å². The number of carboxylic acids is 1. The van der Waals surface area contributed by atoms with E-state index in [0.29, 0.717) is 12.2 Å². The molecule has 0 saturated carbocycles. The molecule has 1 rings (SSSR count). The molecule has 0 radical (unpaired) electrons. The first-order chi connectivity index (χ1) is 7.70. The van der Waals surface area contributed by atoms with Gasteiger partial charge in [0.05, 0.1) is 5.75 Å². The van der Waals surface area contributed by atoms with Gasteiger partial charge in [0.2, 0.25) is 0 Å². The molecule has 0 spiro atoms. The van der Waals surface area contributed by atoms with Crippen LogP contribution in [0.4, 0.5) is 0 Å². The van der Waals surface area contributed by atoms with E-state index in [1.165, 1.54) is 11.8 Å². The second kappa shape index (κ2) is 7.49. The number of allylic oxidation sites excluding steroid dienone is 2. The number of ketones is 1. The van der Waals surface area contributed by atoms with Gasteiger partial charge in [-0.1, -0.05) is 12.5 Å². The summed E-state index contributed by atoms with van der Waals surface area (Å²) in [5.41, 5.74) is 1.01. The zero-order valence-corrected chi connectivity index (χ0v) is 10.2. The van der Waals surface area contributed by atoms with E-state index >= 15 is 0 Å². The molecule has 90 valence electrons. The van der Waals surface area contributed by atoms with Gasteiger partial charge < -0.3 is 5.11 Å². The number of hydrogen-bond donors (Lipinski definition) is 1. The second-order valence-electron chi connectivity index (χ2n) is 3.95. The highest BCUT2D eigenvalue weighted by atomic mass is 32.2. The Balaban J connectivity index is 1.92. The van der Waals surface area contributed by atoms with Gasteiger partial charge in [0.1, 0.15) is 0 Å². The summed E-state index contributed by atoms with van der Waals surface area (Å²) in [5, 5.41) is 8.42. The number of rotatable bonds is 8. The summed E-state index contributed by atoms with van der Waals surface area (Å²) in [6.45, 7) is 0. The number of carbonyl (C=O) groups excluding carboxylic acids is 1. The second-order valence-corrected chi connectivity index (χ2v) is 5.05. The molecule has 0 aromatic heterocycles. The Labute approximate surface area is 100 Å². The van der Waals surface area contributed by atoms with Gasteiger partial charge in [-0.2, -0.15) is 11.8 Å². The van der Waals surface area contributed by atoms with Crippen molar-refractivity contribution in [3.8, 4) is 0 Å². The predicted molar refractivity (Wildman–Crippen MR) is 65.8 cm³/mol. The fraction of sp³-hybridized carbons (Fsp3) is 0.667. The Hall–Kier alpha value is -0.770. The van der Waals surface area contributed by atoms with Crippen molar-refractivity contribution in [2.24, 2.45) is 0 Å². The van der Waals surface area contributed by atoms with Crippen LogP contribution >= 0.6 is 11.8 Å². The lowest BCUT2D eigenvalue weighted by Gasteiger charge is -2.01. The SMILES string of the molecule is O=C(O)CSCCCCCC1=CCCC1=O. The van der Waals surface area contributed by atoms with Crippen LogP contribution in [0.3, 0.4) is 0 Å². The molecule has 16 heavy (non-hydrogen) atoms. The number of hydrogen-bond acceptors (Lipinski definition) is 3. The first-order valence-corrected chi connectivity index (χ1v) is 6.87. The van der Waals surface area contributed by atoms with Crippen LogP contribution in [0.5, 0.6) is 0 Å². The van der Waals surface area contributed by atoms with Crippen LogP contribution in [0.2, 0.25) is 0 Å². The summed E-state index contributed by atoms with van der Waals surface area (Å²) in [5.74, 6) is 0.676. The summed E-state index contributed by atoms with van der Waals surface area (Å²) >= 11 is 1.46. The molecule has 0 amide bonds. The van der Waals surface area contributed by atoms with Gasteiger partial charge in [-0.3, -0.25) is 9.59 Å². The summed E-state index contributed by atoms with van der Waals surface area (Å²) in [4.78, 5) is 21.5. The number of carboxylic acid groups (broad SMARTS) is 1. The zero-order chi connectivity index (χ0) is 11.8. The molecule has 0 fully saturated rings. The Morgan fingerprint density at radius 3 is 2.81 bits per heavy atom. The molecule has 4 heteroatoms. The first kappa shape index (κ1) is 13.3. The van der Waals surface area contributed by atoms with E-state index in [0.717, 1.165) is 43.4 Å². The minimum atomic E-state index is -0.744. The Bertz CT molecular complexity index is 284. The highest BCUT2D eigenvalue weighted by molar-refractivity contribution is 7.99. The van der Waals surface area contributed by atoms with Crippen molar-refractivity contribution in [2.45, 2.75) is 38.5 Å². The van der Waals surface area contributed by atoms with Gasteiger partial charge in [0, 0.05) is 6.42 Å². The van der Waals surface area contributed by atoms with E-state index in [1.54, 1.807) is 0 Å². The quantitative estimate of drug-likeness (QED) is 0.665. The lowest BCUT2D eigenvalue weighted by molar-refractivity contribution is -0.133. The highest BCUT2D eigenvalue weighted by Crippen LogP contribution is 2.20. The highest BCUT2D eigenvalue weighted by Gasteiger charge is 2.13. The monoisotopic (exact) mass is 242 g/mol. The molecule has 1 aliphatic rings. The molecule has 0 saturated heterocycles. The van der Waals surface area contributed by atoms with Crippen molar-refractivity contribution in [1.29, 1.82) is 0 Å². The van der Waals surface area contributed by atoms with Crippen LogP contribution in [-0.4, -0.2) is 28.4 Å². The Morgan fingerprint density at radius 2 is 2.19 bits per heavy atom. The number of carbonyl (C=O) groups is 2. The van der Waals surface area contributed by atoms with Crippen molar-refractivity contribution >= 4 is 23.5 Å². The molecule has 0 aromatic carbocycles. The molecule has 0 aliphatic heterocycles. The van der Waals surface area contributed by atoms with E-state index in [-0.39, 0.29) is 5.75 Å². The molecule has 3 nitrogen and oxygen atoms in total. The van der Waals surface area contributed by atoms with Crippen LogP contribution in [0, 0.1) is 0 Å². The number of Topliss-reactive ketones (excluding diaryl/α,β-unsaturated/α-hetero) is 1. The van der Waals surface area contributed by atoms with Gasteiger partial charge >= 0.3 is 5.97 Å². The third kappa shape index (κ3) is 5.35.